The topological polar surface area (TPSA) is 49.4 Å². The highest BCUT2D eigenvalue weighted by Gasteiger charge is 2.02. The third kappa shape index (κ3) is 2.16. The van der Waals surface area contributed by atoms with Gasteiger partial charge in [0.05, 0.1) is 0 Å². The molecule has 0 atom stereocenters. The normalized spacial score (nSPS) is 25.5. The van der Waals surface area contributed by atoms with Crippen molar-refractivity contribution >= 4 is 11.4 Å². The molecule has 3 N–H and O–H groups in total. The van der Waals surface area contributed by atoms with Crippen LogP contribution in [0.15, 0.2) is 48.6 Å². The van der Waals surface area contributed by atoms with Gasteiger partial charge in [-0.05, 0) is 11.6 Å². The molecular formula is C10H11N2+. The fourth-order valence-electron chi connectivity index (χ4n) is 0.770. The van der Waals surface area contributed by atoms with E-state index < -0.39 is 0 Å². The largest absolute Gasteiger partial charge is 0.295 e. The summed E-state index contributed by atoms with van der Waals surface area (Å²) in [5.41, 5.74) is 1.64. The molecule has 1 aliphatic rings. The van der Waals surface area contributed by atoms with Crippen LogP contribution in [0.5, 0.6) is 0 Å². The van der Waals surface area contributed by atoms with Gasteiger partial charge in [0.2, 0.25) is 5.71 Å². The molecule has 0 heterocycles. The van der Waals surface area contributed by atoms with Crippen molar-refractivity contribution in [3.05, 3.63) is 48.6 Å². The van der Waals surface area contributed by atoms with Crippen LogP contribution >= 0.6 is 0 Å². The molecule has 0 spiro atoms. The van der Waals surface area contributed by atoms with Crippen molar-refractivity contribution < 1.29 is 5.41 Å². The molecule has 0 amide bonds. The van der Waals surface area contributed by atoms with Crippen molar-refractivity contribution in [2.45, 2.75) is 0 Å². The highest BCUT2D eigenvalue weighted by atomic mass is 14.5. The minimum Gasteiger partial charge on any atom is -0.295 e. The molecule has 0 aromatic rings. The fourth-order valence-corrected chi connectivity index (χ4v) is 0.770. The van der Waals surface area contributed by atoms with E-state index in [9.17, 15) is 0 Å². The summed E-state index contributed by atoms with van der Waals surface area (Å²) >= 11 is 0. The summed E-state index contributed by atoms with van der Waals surface area (Å²) < 4.78 is 0. The molecule has 0 aromatic heterocycles. The summed E-state index contributed by atoms with van der Waals surface area (Å²) in [6.07, 6.45) is 10.6. The second-order valence-electron chi connectivity index (χ2n) is 2.50. The zero-order chi connectivity index (χ0) is 8.97. The molecule has 0 bridgehead atoms. The van der Waals surface area contributed by atoms with Crippen molar-refractivity contribution in [3.63, 3.8) is 0 Å². The van der Waals surface area contributed by atoms with E-state index in [1.165, 1.54) is 0 Å². The summed E-state index contributed by atoms with van der Waals surface area (Å²) in [6, 6.07) is 0. The number of nitrogens with two attached hydrogens (primary N) is 1. The second-order valence-corrected chi connectivity index (χ2v) is 2.50. The molecule has 0 aliphatic heterocycles. The predicted molar refractivity (Wildman–Crippen MR) is 51.2 cm³/mol. The molecule has 0 aromatic carbocycles. The second kappa shape index (κ2) is 3.62. The Balaban J connectivity index is 2.97. The smallest absolute Gasteiger partial charge is 0.221 e. The van der Waals surface area contributed by atoms with Gasteiger partial charge >= 0.3 is 0 Å². The van der Waals surface area contributed by atoms with Crippen LogP contribution in [0, 0.1) is 5.41 Å². The van der Waals surface area contributed by atoms with E-state index >= 15 is 0 Å². The maximum atomic E-state index is 7.45. The molecule has 60 valence electrons. The first-order chi connectivity index (χ1) is 5.70. The summed E-state index contributed by atoms with van der Waals surface area (Å²) in [7, 11) is 0. The van der Waals surface area contributed by atoms with Crippen LogP contribution in [0.25, 0.3) is 0 Å². The van der Waals surface area contributed by atoms with E-state index in [4.69, 9.17) is 10.8 Å². The van der Waals surface area contributed by atoms with Crippen molar-refractivity contribution in [2.75, 3.05) is 0 Å². The molecule has 2 nitrogen and oxygen atoms in total. The van der Waals surface area contributed by atoms with E-state index in [0.717, 1.165) is 5.57 Å². The summed E-state index contributed by atoms with van der Waals surface area (Å²) in [5, 5.41) is 13.0. The fraction of sp³-hybridized carbons (Fsp3) is 0. The zero-order valence-corrected chi connectivity index (χ0v) is 6.75. The maximum absolute atomic E-state index is 7.45. The molecule has 0 saturated heterocycles. The zero-order valence-electron chi connectivity index (χ0n) is 6.75. The third-order valence-corrected chi connectivity index (χ3v) is 1.47. The Morgan fingerprint density at radius 2 is 1.75 bits per heavy atom. The molecule has 1 aliphatic carbocycles. The van der Waals surface area contributed by atoms with Crippen molar-refractivity contribution in [3.8, 4) is 0 Å². The van der Waals surface area contributed by atoms with Gasteiger partial charge in [-0.1, -0.05) is 30.9 Å². The average Bonchev–Trinajstić information content (AvgIpc) is 2.11. The van der Waals surface area contributed by atoms with E-state index in [-0.39, 0.29) is 0 Å². The highest BCUT2D eigenvalue weighted by Crippen LogP contribution is 1.98. The summed E-state index contributed by atoms with van der Waals surface area (Å²) in [4.78, 5) is 0. The molecule has 0 unspecified atom stereocenters. The summed E-state index contributed by atoms with van der Waals surface area (Å²) in [6.45, 7) is 3.76. The van der Waals surface area contributed by atoms with Crippen LogP contribution in [0.1, 0.15) is 0 Å². The van der Waals surface area contributed by atoms with Gasteiger partial charge in [0.25, 0.3) is 0 Å². The lowest BCUT2D eigenvalue weighted by atomic mass is 10.2. The number of nitrogens with one attached hydrogen (secondary N) is 1. The van der Waals surface area contributed by atoms with Gasteiger partial charge in [-0.15, -0.1) is 0 Å². The Kier molecular flexibility index (Phi) is 2.53. The van der Waals surface area contributed by atoms with Crippen molar-refractivity contribution in [2.24, 2.45) is 0 Å². The minimum absolute atomic E-state index is 0.316. The van der Waals surface area contributed by atoms with Crippen molar-refractivity contribution in [1.29, 1.82) is 5.41 Å². The van der Waals surface area contributed by atoms with Gasteiger partial charge in [0.15, 0.2) is 0 Å². The molecular weight excluding hydrogens is 148 g/mol. The van der Waals surface area contributed by atoms with Gasteiger partial charge < -0.3 is 0 Å². The lowest BCUT2D eigenvalue weighted by Gasteiger charge is -1.87. The van der Waals surface area contributed by atoms with Gasteiger partial charge in [-0.2, -0.15) is 0 Å². The van der Waals surface area contributed by atoms with Crippen LogP contribution in [-0.2, 0) is 0 Å². The monoisotopic (exact) mass is 159 g/mol. The predicted octanol–water partition coefficient (Wildman–Crippen LogP) is 0.445. The van der Waals surface area contributed by atoms with Gasteiger partial charge in [-0.25, -0.2) is 0 Å². The highest BCUT2D eigenvalue weighted by molar-refractivity contribution is 6.46. The summed E-state index contributed by atoms with van der Waals surface area (Å²) in [5.74, 6) is 0. The number of rotatable bonds is 0. The molecule has 0 saturated carbocycles. The molecule has 2 heteroatoms. The van der Waals surface area contributed by atoms with Crippen LogP contribution in [0.4, 0.5) is 0 Å². The van der Waals surface area contributed by atoms with Gasteiger partial charge in [0, 0.05) is 6.08 Å². The Labute approximate surface area is 71.6 Å². The molecule has 12 heavy (non-hydrogen) atoms. The third-order valence-electron chi connectivity index (χ3n) is 1.47. The van der Waals surface area contributed by atoms with Crippen LogP contribution in [-0.4, -0.2) is 11.4 Å². The Hall–Kier alpha value is -1.70. The van der Waals surface area contributed by atoms with Gasteiger partial charge in [-0.3, -0.25) is 10.8 Å². The lowest BCUT2D eigenvalue weighted by Crippen LogP contribution is -2.42. The van der Waals surface area contributed by atoms with E-state index in [1.807, 2.05) is 12.2 Å². The minimum atomic E-state index is 0.316. The Morgan fingerprint density at radius 1 is 1.08 bits per heavy atom. The lowest BCUT2D eigenvalue weighted by molar-refractivity contribution is -0.108. The van der Waals surface area contributed by atoms with Crippen LogP contribution in [0.3, 0.4) is 0 Å². The van der Waals surface area contributed by atoms with Crippen molar-refractivity contribution in [1.82, 2.24) is 0 Å². The van der Waals surface area contributed by atoms with Crippen LogP contribution in [0.2, 0.25) is 0 Å². The SMILES string of the molecule is C=C1/C=C\C=C/C(=[NH2+])C(=N)/C=C\1. The first-order valence-electron chi connectivity index (χ1n) is 3.63. The molecule has 1 rings (SSSR count). The van der Waals surface area contributed by atoms with E-state index in [1.54, 1.807) is 24.3 Å². The van der Waals surface area contributed by atoms with E-state index in [2.05, 4.69) is 6.58 Å². The first kappa shape index (κ1) is 8.40. The average molecular weight is 159 g/mol. The molecule has 0 radical (unpaired) electrons. The quantitative estimate of drug-likeness (QED) is 0.515. The number of hydrogen-bond donors (Lipinski definition) is 2. The maximum Gasteiger partial charge on any atom is 0.221 e. The van der Waals surface area contributed by atoms with Crippen LogP contribution < -0.4 is 5.41 Å². The number of allylic oxidation sites excluding steroid dienone is 7. The Bertz CT molecular complexity index is 317. The molecule has 0 fully saturated rings. The first-order valence-corrected chi connectivity index (χ1v) is 3.63. The van der Waals surface area contributed by atoms with E-state index in [0.29, 0.717) is 11.4 Å². The Morgan fingerprint density at radius 3 is 2.50 bits per heavy atom. The standard InChI is InChI=1S/C10H10N2/c1-8-4-2-3-5-9(11)10(12)7-6-8/h2-7,11-12H,1H2/p+1/b4-2-,5-3-,7-6-,11-9?,12-10?. The number of hydrogen-bond acceptors (Lipinski definition) is 1. The van der Waals surface area contributed by atoms with Gasteiger partial charge in [0.1, 0.15) is 5.71 Å².